The monoisotopic (exact) mass is 437 g/mol. The summed E-state index contributed by atoms with van der Waals surface area (Å²) in [6, 6.07) is 4.83. The molecule has 158 valence electrons. The van der Waals surface area contributed by atoms with Crippen LogP contribution in [0.1, 0.15) is 5.56 Å². The molecule has 1 N–H and O–H groups in total. The van der Waals surface area contributed by atoms with E-state index in [0.717, 1.165) is 11.1 Å². The lowest BCUT2D eigenvalue weighted by molar-refractivity contribution is -0.0576. The fourth-order valence-corrected chi connectivity index (χ4v) is 3.10. The first-order chi connectivity index (χ1) is 13.6. The average Bonchev–Trinajstić information content (AvgIpc) is 3.07. The molecule has 0 spiro atoms. The molecule has 1 aromatic carbocycles. The van der Waals surface area contributed by atoms with Crippen molar-refractivity contribution in [3.63, 3.8) is 0 Å². The lowest BCUT2D eigenvalue weighted by atomic mass is 10.1. The van der Waals surface area contributed by atoms with Crippen LogP contribution in [-0.2, 0) is 14.3 Å². The molecular formula is C16H15F4N3O5S. The third-order valence-electron chi connectivity index (χ3n) is 3.94. The van der Waals surface area contributed by atoms with Crippen molar-refractivity contribution < 1.29 is 39.6 Å². The second kappa shape index (κ2) is 7.65. The number of nitrogens with one attached hydrogen (secondary N) is 1. The Kier molecular flexibility index (Phi) is 5.56. The molecule has 0 aliphatic carbocycles. The summed E-state index contributed by atoms with van der Waals surface area (Å²) in [7, 11) is -2.97. The fraction of sp³-hybridized carbons (Fsp3) is 0.312. The number of hydrazine groups is 1. The Morgan fingerprint density at radius 3 is 2.48 bits per heavy atom. The highest BCUT2D eigenvalue weighted by atomic mass is 32.2. The van der Waals surface area contributed by atoms with E-state index >= 15 is 0 Å². The summed E-state index contributed by atoms with van der Waals surface area (Å²) in [4.78, 5) is 4.23. The maximum Gasteiger partial charge on any atom is 0.523 e. The second-order valence-electron chi connectivity index (χ2n) is 5.74. The Morgan fingerprint density at radius 2 is 1.90 bits per heavy atom. The first kappa shape index (κ1) is 21.1. The number of benzene rings is 1. The Balaban J connectivity index is 1.94. The molecule has 0 aromatic heterocycles. The van der Waals surface area contributed by atoms with Crippen LogP contribution in [0.5, 0.6) is 11.5 Å². The van der Waals surface area contributed by atoms with Crippen LogP contribution in [0.2, 0.25) is 0 Å². The molecule has 1 atom stereocenters. The van der Waals surface area contributed by atoms with E-state index in [0.29, 0.717) is 17.1 Å². The van der Waals surface area contributed by atoms with E-state index in [1.54, 1.807) is 18.2 Å². The highest BCUT2D eigenvalue weighted by Gasteiger charge is 2.49. The van der Waals surface area contributed by atoms with Crippen molar-refractivity contribution in [2.75, 3.05) is 20.9 Å². The van der Waals surface area contributed by atoms with Gasteiger partial charge in [0.15, 0.2) is 17.7 Å². The molecule has 0 bridgehead atoms. The van der Waals surface area contributed by atoms with Gasteiger partial charge in [-0.3, -0.25) is 5.01 Å². The molecule has 0 fully saturated rings. The predicted octanol–water partition coefficient (Wildman–Crippen LogP) is 2.21. The first-order valence-corrected chi connectivity index (χ1v) is 9.35. The summed E-state index contributed by atoms with van der Waals surface area (Å²) in [6.45, 7) is -1.00. The molecule has 0 saturated heterocycles. The van der Waals surface area contributed by atoms with Crippen LogP contribution in [0, 0.1) is 0 Å². The number of nitrogens with zero attached hydrogens (tertiary/aromatic N) is 2. The number of hydrogen-bond acceptors (Lipinski definition) is 8. The minimum atomic E-state index is -5.86. The fourth-order valence-electron chi connectivity index (χ4n) is 2.62. The topological polar surface area (TPSA) is 89.5 Å². The van der Waals surface area contributed by atoms with Crippen LogP contribution in [0.4, 0.5) is 17.6 Å². The molecular weight excluding hydrogens is 422 g/mol. The number of allylic oxidation sites excluding steroid dienone is 2. The summed E-state index contributed by atoms with van der Waals surface area (Å²) in [5, 5.41) is 1.01. The van der Waals surface area contributed by atoms with Crippen molar-refractivity contribution in [3.8, 4) is 11.5 Å². The van der Waals surface area contributed by atoms with Crippen molar-refractivity contribution in [2.24, 2.45) is 4.99 Å². The van der Waals surface area contributed by atoms with Crippen LogP contribution in [-0.4, -0.2) is 51.8 Å². The Labute approximate surface area is 163 Å². The number of hydrogen-bond donors (Lipinski definition) is 1. The molecule has 2 aliphatic rings. The number of halogens is 4. The van der Waals surface area contributed by atoms with E-state index < -0.39 is 28.5 Å². The first-order valence-electron chi connectivity index (χ1n) is 7.95. The number of ether oxygens (including phenoxy) is 2. The smallest absolute Gasteiger partial charge is 0.493 e. The van der Waals surface area contributed by atoms with Gasteiger partial charge in [0.1, 0.15) is 12.5 Å². The highest BCUT2D eigenvalue weighted by molar-refractivity contribution is 7.87. The number of rotatable bonds is 6. The van der Waals surface area contributed by atoms with Crippen molar-refractivity contribution in [3.05, 3.63) is 47.4 Å². The van der Waals surface area contributed by atoms with Gasteiger partial charge in [0.2, 0.25) is 0 Å². The third-order valence-corrected chi connectivity index (χ3v) is 4.97. The molecule has 3 rings (SSSR count). The SMILES string of the molecule is COc1ccc(C2=NC3=CC(OS(=O)(=O)C(F)(F)F)NN3C(CF)=C2)cc1OC. The predicted molar refractivity (Wildman–Crippen MR) is 93.0 cm³/mol. The van der Waals surface area contributed by atoms with Gasteiger partial charge in [-0.2, -0.15) is 27.0 Å². The van der Waals surface area contributed by atoms with Crippen LogP contribution in [0.3, 0.4) is 0 Å². The van der Waals surface area contributed by atoms with Gasteiger partial charge in [0.25, 0.3) is 0 Å². The summed E-state index contributed by atoms with van der Waals surface area (Å²) >= 11 is 0. The van der Waals surface area contributed by atoms with Gasteiger partial charge in [-0.25, -0.2) is 13.6 Å². The van der Waals surface area contributed by atoms with Crippen molar-refractivity contribution in [2.45, 2.75) is 11.7 Å². The highest BCUT2D eigenvalue weighted by Crippen LogP contribution is 2.32. The normalized spacial score (nSPS) is 19.3. The summed E-state index contributed by atoms with van der Waals surface area (Å²) in [5.41, 5.74) is -2.49. The lowest BCUT2D eigenvalue weighted by Crippen LogP contribution is -2.42. The molecule has 1 unspecified atom stereocenters. The summed E-state index contributed by atoms with van der Waals surface area (Å²) in [5.74, 6) is 0.824. The largest absolute Gasteiger partial charge is 0.523 e. The Bertz CT molecular complexity index is 1000. The van der Waals surface area contributed by atoms with Crippen LogP contribution < -0.4 is 14.9 Å². The molecule has 13 heteroatoms. The van der Waals surface area contributed by atoms with E-state index in [4.69, 9.17) is 9.47 Å². The van der Waals surface area contributed by atoms with Gasteiger partial charge >= 0.3 is 15.6 Å². The number of methoxy groups -OCH3 is 2. The zero-order valence-corrected chi connectivity index (χ0v) is 15.8. The standard InChI is InChI=1S/C16H15F4N3O5S/c1-26-12-4-3-9(5-13(12)27-2)11-6-10(8-17)23-14(21-11)7-15(22-23)28-29(24,25)16(18,19)20/h3-7,15,22H,8H2,1-2H3. The van der Waals surface area contributed by atoms with Gasteiger partial charge in [-0.05, 0) is 24.3 Å². The quantitative estimate of drug-likeness (QED) is 0.415. The zero-order valence-electron chi connectivity index (χ0n) is 15.0. The Hall–Kier alpha value is -2.64. The molecule has 0 saturated carbocycles. The van der Waals surface area contributed by atoms with Gasteiger partial charge in [0.05, 0.1) is 25.6 Å². The maximum absolute atomic E-state index is 13.5. The van der Waals surface area contributed by atoms with Crippen LogP contribution in [0.15, 0.2) is 46.9 Å². The Morgan fingerprint density at radius 1 is 1.21 bits per heavy atom. The van der Waals surface area contributed by atoms with Crippen LogP contribution >= 0.6 is 0 Å². The number of fused-ring (bicyclic) bond motifs is 1. The van der Waals surface area contributed by atoms with Gasteiger partial charge < -0.3 is 9.47 Å². The molecule has 2 aliphatic heterocycles. The summed E-state index contributed by atoms with van der Waals surface area (Å²) < 4.78 is 87.9. The van der Waals surface area contributed by atoms with E-state index in [1.165, 1.54) is 20.3 Å². The third kappa shape index (κ3) is 4.06. The minimum Gasteiger partial charge on any atom is -0.493 e. The molecule has 2 heterocycles. The van der Waals surface area contributed by atoms with E-state index in [-0.39, 0.29) is 17.2 Å². The second-order valence-corrected chi connectivity index (χ2v) is 7.31. The van der Waals surface area contributed by atoms with Crippen molar-refractivity contribution in [1.29, 1.82) is 0 Å². The van der Waals surface area contributed by atoms with E-state index in [1.807, 2.05) is 0 Å². The number of aliphatic imine (C=N–C) groups is 1. The minimum absolute atomic E-state index is 0.00783. The molecule has 8 nitrogen and oxygen atoms in total. The average molecular weight is 437 g/mol. The van der Waals surface area contributed by atoms with Crippen molar-refractivity contribution >= 4 is 15.8 Å². The maximum atomic E-state index is 13.5. The molecule has 1 aromatic rings. The molecule has 29 heavy (non-hydrogen) atoms. The van der Waals surface area contributed by atoms with Gasteiger partial charge in [-0.15, -0.1) is 0 Å². The molecule has 0 radical (unpaired) electrons. The van der Waals surface area contributed by atoms with Crippen molar-refractivity contribution in [1.82, 2.24) is 10.4 Å². The van der Waals surface area contributed by atoms with Gasteiger partial charge in [0, 0.05) is 11.6 Å². The zero-order chi connectivity index (χ0) is 21.4. The molecule has 0 amide bonds. The number of alkyl halides is 4. The lowest BCUT2D eigenvalue weighted by Gasteiger charge is -2.26. The summed E-state index contributed by atoms with van der Waals surface area (Å²) in [6.07, 6.45) is 0.638. The van der Waals surface area contributed by atoms with Crippen LogP contribution in [0.25, 0.3) is 0 Å². The van der Waals surface area contributed by atoms with Gasteiger partial charge in [-0.1, -0.05) is 0 Å². The van der Waals surface area contributed by atoms with E-state index in [9.17, 15) is 26.0 Å². The van der Waals surface area contributed by atoms with E-state index in [2.05, 4.69) is 14.6 Å².